The third-order valence-corrected chi connectivity index (χ3v) is 3.50. The Morgan fingerprint density at radius 3 is 2.68 bits per heavy atom. The Morgan fingerprint density at radius 2 is 1.95 bits per heavy atom. The van der Waals surface area contributed by atoms with E-state index in [4.69, 9.17) is 4.74 Å². The first-order chi connectivity index (χ1) is 9.28. The van der Waals surface area contributed by atoms with Crippen LogP contribution in [0.25, 0.3) is 0 Å². The maximum atomic E-state index is 11.9. The van der Waals surface area contributed by atoms with Gasteiger partial charge < -0.3 is 10.1 Å². The van der Waals surface area contributed by atoms with Crippen molar-refractivity contribution in [2.24, 2.45) is 0 Å². The minimum atomic E-state index is 0.0506. The molecule has 0 bridgehead atoms. The molecular weight excluding hydrogens is 238 g/mol. The van der Waals surface area contributed by atoms with Crippen LogP contribution in [0.15, 0.2) is 48.5 Å². The number of carbonyl (C=O) groups excluding carboxylic acids is 1. The molecule has 2 aromatic carbocycles. The Hall–Kier alpha value is -2.29. The van der Waals surface area contributed by atoms with Crippen LogP contribution in [0.4, 0.5) is 5.69 Å². The monoisotopic (exact) mass is 253 g/mol. The fourth-order valence-electron chi connectivity index (χ4n) is 2.55. The molecule has 3 heteroatoms. The van der Waals surface area contributed by atoms with Crippen molar-refractivity contribution < 1.29 is 9.53 Å². The molecule has 1 amide bonds. The van der Waals surface area contributed by atoms with Crippen molar-refractivity contribution in [1.29, 1.82) is 0 Å². The van der Waals surface area contributed by atoms with Crippen molar-refractivity contribution in [3.05, 3.63) is 59.7 Å². The van der Waals surface area contributed by atoms with Gasteiger partial charge in [0.25, 0.3) is 0 Å². The lowest BCUT2D eigenvalue weighted by Gasteiger charge is -2.26. The van der Waals surface area contributed by atoms with Gasteiger partial charge in [-0.2, -0.15) is 0 Å². The summed E-state index contributed by atoms with van der Waals surface area (Å²) in [4.78, 5) is 11.9. The molecule has 1 unspecified atom stereocenters. The van der Waals surface area contributed by atoms with Gasteiger partial charge in [-0.25, -0.2) is 0 Å². The van der Waals surface area contributed by atoms with Crippen LogP contribution in [0.2, 0.25) is 0 Å². The van der Waals surface area contributed by atoms with Crippen LogP contribution in [0, 0.1) is 0 Å². The molecule has 96 valence electrons. The van der Waals surface area contributed by atoms with Crippen LogP contribution in [-0.2, 0) is 4.79 Å². The summed E-state index contributed by atoms with van der Waals surface area (Å²) >= 11 is 0. The highest BCUT2D eigenvalue weighted by Crippen LogP contribution is 2.38. The molecule has 1 aliphatic heterocycles. The van der Waals surface area contributed by atoms with Gasteiger partial charge in [-0.05, 0) is 17.2 Å². The number of fused-ring (bicyclic) bond motifs is 1. The zero-order valence-corrected chi connectivity index (χ0v) is 10.7. The lowest BCUT2D eigenvalue weighted by Crippen LogP contribution is -2.23. The largest absolute Gasteiger partial charge is 0.497 e. The normalized spacial score (nSPS) is 17.5. The lowest BCUT2D eigenvalue weighted by molar-refractivity contribution is -0.116. The minimum absolute atomic E-state index is 0.0506. The predicted molar refractivity (Wildman–Crippen MR) is 74.5 cm³/mol. The molecule has 0 aliphatic carbocycles. The predicted octanol–water partition coefficient (Wildman–Crippen LogP) is 3.17. The van der Waals surface area contributed by atoms with Gasteiger partial charge in [0.15, 0.2) is 0 Å². The molecule has 3 rings (SSSR count). The molecule has 0 saturated carbocycles. The number of hydrogen-bond acceptors (Lipinski definition) is 2. The summed E-state index contributed by atoms with van der Waals surface area (Å²) in [6, 6.07) is 16.0. The summed E-state index contributed by atoms with van der Waals surface area (Å²) in [5.41, 5.74) is 3.17. The summed E-state index contributed by atoms with van der Waals surface area (Å²) in [5.74, 6) is 0.929. The molecule has 19 heavy (non-hydrogen) atoms. The van der Waals surface area contributed by atoms with Gasteiger partial charge in [0.2, 0.25) is 5.91 Å². The number of nitrogens with one attached hydrogen (secondary N) is 1. The van der Waals surface area contributed by atoms with Crippen LogP contribution >= 0.6 is 0 Å². The molecule has 0 spiro atoms. The van der Waals surface area contributed by atoms with E-state index < -0.39 is 0 Å². The molecule has 0 radical (unpaired) electrons. The van der Waals surface area contributed by atoms with Crippen molar-refractivity contribution in [3.63, 3.8) is 0 Å². The van der Waals surface area contributed by atoms with E-state index in [-0.39, 0.29) is 11.8 Å². The highest BCUT2D eigenvalue weighted by molar-refractivity contribution is 5.95. The number of amides is 1. The van der Waals surface area contributed by atoms with Crippen LogP contribution in [0.5, 0.6) is 5.75 Å². The van der Waals surface area contributed by atoms with Crippen molar-refractivity contribution in [2.75, 3.05) is 12.4 Å². The van der Waals surface area contributed by atoms with Gasteiger partial charge in [-0.15, -0.1) is 0 Å². The SMILES string of the molecule is COc1ccc2c(c1)NC(=O)CC2c1ccccc1. The molecule has 1 aliphatic rings. The Bertz CT molecular complexity index is 607. The van der Waals surface area contributed by atoms with E-state index in [1.165, 1.54) is 5.56 Å². The second kappa shape index (κ2) is 4.76. The van der Waals surface area contributed by atoms with Crippen LogP contribution in [-0.4, -0.2) is 13.0 Å². The molecule has 1 heterocycles. The molecule has 2 aromatic rings. The maximum absolute atomic E-state index is 11.9. The minimum Gasteiger partial charge on any atom is -0.497 e. The van der Waals surface area contributed by atoms with Gasteiger partial charge in [-0.1, -0.05) is 36.4 Å². The lowest BCUT2D eigenvalue weighted by atomic mass is 9.85. The number of benzene rings is 2. The van der Waals surface area contributed by atoms with Crippen molar-refractivity contribution in [2.45, 2.75) is 12.3 Å². The van der Waals surface area contributed by atoms with E-state index in [0.29, 0.717) is 6.42 Å². The highest BCUT2D eigenvalue weighted by Gasteiger charge is 2.26. The summed E-state index contributed by atoms with van der Waals surface area (Å²) in [5, 5.41) is 2.92. The number of rotatable bonds is 2. The Balaban J connectivity index is 2.07. The van der Waals surface area contributed by atoms with Gasteiger partial charge in [-0.3, -0.25) is 4.79 Å². The molecule has 1 atom stereocenters. The van der Waals surface area contributed by atoms with E-state index in [0.717, 1.165) is 17.0 Å². The fraction of sp³-hybridized carbons (Fsp3) is 0.188. The van der Waals surface area contributed by atoms with Crippen LogP contribution in [0.1, 0.15) is 23.5 Å². The zero-order valence-electron chi connectivity index (χ0n) is 10.7. The summed E-state index contributed by atoms with van der Waals surface area (Å²) in [7, 11) is 1.63. The molecule has 0 aromatic heterocycles. The molecule has 3 nitrogen and oxygen atoms in total. The average Bonchev–Trinajstić information content (AvgIpc) is 2.46. The zero-order chi connectivity index (χ0) is 13.2. The van der Waals surface area contributed by atoms with Gasteiger partial charge in [0.05, 0.1) is 7.11 Å². The van der Waals surface area contributed by atoms with Gasteiger partial charge in [0.1, 0.15) is 5.75 Å². The topological polar surface area (TPSA) is 38.3 Å². The Labute approximate surface area is 112 Å². The smallest absolute Gasteiger partial charge is 0.225 e. The highest BCUT2D eigenvalue weighted by atomic mass is 16.5. The number of carbonyl (C=O) groups is 1. The summed E-state index contributed by atoms with van der Waals surface area (Å²) in [6.07, 6.45) is 0.489. The number of methoxy groups -OCH3 is 1. The second-order valence-electron chi connectivity index (χ2n) is 4.67. The van der Waals surface area contributed by atoms with Crippen molar-refractivity contribution in [3.8, 4) is 5.75 Å². The van der Waals surface area contributed by atoms with E-state index in [1.807, 2.05) is 36.4 Å². The van der Waals surface area contributed by atoms with E-state index in [1.54, 1.807) is 7.11 Å². The van der Waals surface area contributed by atoms with Crippen LogP contribution < -0.4 is 10.1 Å². The summed E-state index contributed by atoms with van der Waals surface area (Å²) < 4.78 is 5.21. The maximum Gasteiger partial charge on any atom is 0.225 e. The van der Waals surface area contributed by atoms with Gasteiger partial charge in [0, 0.05) is 24.1 Å². The average molecular weight is 253 g/mol. The van der Waals surface area contributed by atoms with E-state index in [9.17, 15) is 4.79 Å². The van der Waals surface area contributed by atoms with Crippen molar-refractivity contribution in [1.82, 2.24) is 0 Å². The number of hydrogen-bond donors (Lipinski definition) is 1. The first-order valence-corrected chi connectivity index (χ1v) is 6.30. The van der Waals surface area contributed by atoms with E-state index >= 15 is 0 Å². The molecule has 0 saturated heterocycles. The number of ether oxygens (including phenoxy) is 1. The summed E-state index contributed by atoms with van der Waals surface area (Å²) in [6.45, 7) is 0. The quantitative estimate of drug-likeness (QED) is 0.892. The molecule has 1 N–H and O–H groups in total. The molecular formula is C16H15NO2. The third kappa shape index (κ3) is 2.19. The van der Waals surface area contributed by atoms with E-state index in [2.05, 4.69) is 17.4 Å². The fourth-order valence-corrected chi connectivity index (χ4v) is 2.55. The first-order valence-electron chi connectivity index (χ1n) is 6.30. The van der Waals surface area contributed by atoms with Crippen LogP contribution in [0.3, 0.4) is 0 Å². The Kier molecular flexibility index (Phi) is 2.95. The first kappa shape index (κ1) is 11.8. The second-order valence-corrected chi connectivity index (χ2v) is 4.67. The Morgan fingerprint density at radius 1 is 1.16 bits per heavy atom. The van der Waals surface area contributed by atoms with Gasteiger partial charge >= 0.3 is 0 Å². The standard InChI is InChI=1S/C16H15NO2/c1-19-12-7-8-13-14(11-5-3-2-4-6-11)10-16(18)17-15(13)9-12/h2-9,14H,10H2,1H3,(H,17,18). The molecule has 0 fully saturated rings. The number of anilines is 1. The third-order valence-electron chi connectivity index (χ3n) is 3.50. The van der Waals surface area contributed by atoms with Crippen molar-refractivity contribution >= 4 is 11.6 Å².